The van der Waals surface area contributed by atoms with Crippen LogP contribution in [-0.2, 0) is 26.3 Å². The van der Waals surface area contributed by atoms with E-state index in [1.807, 2.05) is 55.6 Å². The standard InChI is InChI=1S/C29H23FN4O3/c1-15-6-11-22-20(12-15)29(28(37)32-22)25-24(26(35)34(27(25)36)18-9-7-17(30)8-10-18)23(33-29)13-16-14-31-21-5-3-2-4-19(16)21/h2-12,14,23-25,31,33H,13H2,1H3,(H,32,37)/t23-,24+,25-,29-/m0/s1. The summed E-state index contributed by atoms with van der Waals surface area (Å²) in [4.78, 5) is 46.1. The van der Waals surface area contributed by atoms with Crippen LogP contribution in [0.4, 0.5) is 15.8 Å². The molecule has 3 aromatic carbocycles. The molecule has 7 nitrogen and oxygen atoms in total. The van der Waals surface area contributed by atoms with Crippen molar-refractivity contribution in [3.8, 4) is 0 Å². The van der Waals surface area contributed by atoms with Crippen molar-refractivity contribution < 1.29 is 18.8 Å². The molecule has 0 saturated carbocycles. The number of hydrogen-bond acceptors (Lipinski definition) is 4. The van der Waals surface area contributed by atoms with E-state index in [4.69, 9.17) is 0 Å². The Labute approximate surface area is 211 Å². The van der Waals surface area contributed by atoms with Gasteiger partial charge in [0.2, 0.25) is 17.7 Å². The largest absolute Gasteiger partial charge is 0.361 e. The first-order valence-corrected chi connectivity index (χ1v) is 12.3. The number of fused-ring (bicyclic) bond motifs is 5. The summed E-state index contributed by atoms with van der Waals surface area (Å²) in [6.07, 6.45) is 2.36. The SMILES string of the molecule is Cc1ccc2c(c1)[C@@]1(N[C@@H](Cc3c[nH]c4ccccc34)[C@H]3C(=O)N(c4ccc(F)cc4)C(=O)[C@H]31)C(=O)N2. The summed E-state index contributed by atoms with van der Waals surface area (Å²) in [5.74, 6) is -3.36. The van der Waals surface area contributed by atoms with Crippen LogP contribution in [0.15, 0.2) is 72.9 Å². The number of aromatic amines is 1. The highest BCUT2D eigenvalue weighted by atomic mass is 19.1. The molecule has 1 spiro atoms. The number of anilines is 2. The second-order valence-corrected chi connectivity index (χ2v) is 10.1. The Morgan fingerprint density at radius 1 is 0.973 bits per heavy atom. The second-order valence-electron chi connectivity index (χ2n) is 10.1. The van der Waals surface area contributed by atoms with E-state index >= 15 is 0 Å². The van der Waals surface area contributed by atoms with E-state index < -0.39 is 35.1 Å². The van der Waals surface area contributed by atoms with Crippen molar-refractivity contribution in [2.75, 3.05) is 10.2 Å². The zero-order valence-electron chi connectivity index (χ0n) is 19.9. The molecule has 3 aliphatic heterocycles. The molecule has 2 fully saturated rings. The van der Waals surface area contributed by atoms with Crippen LogP contribution in [-0.4, -0.2) is 28.7 Å². The number of carbonyl (C=O) groups is 3. The number of nitrogens with zero attached hydrogens (tertiary/aromatic N) is 1. The lowest BCUT2D eigenvalue weighted by molar-refractivity contribution is -0.130. The Balaban J connectivity index is 1.38. The van der Waals surface area contributed by atoms with Gasteiger partial charge in [-0.05, 0) is 55.3 Å². The lowest BCUT2D eigenvalue weighted by Gasteiger charge is -2.29. The third kappa shape index (κ3) is 2.93. The van der Waals surface area contributed by atoms with Crippen molar-refractivity contribution >= 4 is 40.0 Å². The maximum atomic E-state index is 14.0. The normalized spacial score (nSPS) is 26.3. The predicted molar refractivity (Wildman–Crippen MR) is 136 cm³/mol. The minimum Gasteiger partial charge on any atom is -0.361 e. The summed E-state index contributed by atoms with van der Waals surface area (Å²) in [6.45, 7) is 1.93. The summed E-state index contributed by atoms with van der Waals surface area (Å²) < 4.78 is 13.6. The molecule has 4 atom stereocenters. The Kier molecular flexibility index (Phi) is 4.51. The van der Waals surface area contributed by atoms with Gasteiger partial charge in [-0.2, -0.15) is 0 Å². The summed E-state index contributed by atoms with van der Waals surface area (Å²) >= 11 is 0. The number of hydrogen-bond donors (Lipinski definition) is 3. The number of para-hydroxylation sites is 1. The fourth-order valence-electron chi connectivity index (χ4n) is 6.47. The van der Waals surface area contributed by atoms with Gasteiger partial charge in [-0.1, -0.05) is 35.9 Å². The molecule has 3 aliphatic rings. The third-order valence-corrected chi connectivity index (χ3v) is 8.07. The number of carbonyl (C=O) groups excluding carboxylic acids is 3. The number of amides is 3. The third-order valence-electron chi connectivity index (χ3n) is 8.07. The summed E-state index contributed by atoms with van der Waals surface area (Å²) in [5.41, 5.74) is 3.14. The number of H-pyrrole nitrogens is 1. The maximum Gasteiger partial charge on any atom is 0.250 e. The lowest BCUT2D eigenvalue weighted by Crippen LogP contribution is -2.53. The molecular weight excluding hydrogens is 471 g/mol. The van der Waals surface area contributed by atoms with Crippen molar-refractivity contribution in [2.24, 2.45) is 11.8 Å². The quantitative estimate of drug-likeness (QED) is 0.378. The average molecular weight is 495 g/mol. The van der Waals surface area contributed by atoms with Crippen LogP contribution in [0.5, 0.6) is 0 Å². The Morgan fingerprint density at radius 3 is 2.57 bits per heavy atom. The zero-order valence-corrected chi connectivity index (χ0v) is 19.9. The Morgan fingerprint density at radius 2 is 1.76 bits per heavy atom. The molecule has 1 aromatic heterocycles. The van der Waals surface area contributed by atoms with E-state index in [0.29, 0.717) is 23.4 Å². The van der Waals surface area contributed by atoms with Crippen LogP contribution in [0.3, 0.4) is 0 Å². The number of imide groups is 1. The highest BCUT2D eigenvalue weighted by molar-refractivity contribution is 6.25. The molecule has 0 radical (unpaired) electrons. The minimum atomic E-state index is -1.38. The molecule has 0 bridgehead atoms. The molecule has 37 heavy (non-hydrogen) atoms. The molecule has 0 unspecified atom stereocenters. The molecule has 184 valence electrons. The summed E-state index contributed by atoms with van der Waals surface area (Å²) in [6, 6.07) is 18.4. The van der Waals surface area contributed by atoms with E-state index in [1.54, 1.807) is 0 Å². The molecule has 3 N–H and O–H groups in total. The first-order valence-electron chi connectivity index (χ1n) is 12.3. The zero-order chi connectivity index (χ0) is 25.5. The van der Waals surface area contributed by atoms with E-state index in [-0.39, 0.29) is 11.8 Å². The van der Waals surface area contributed by atoms with Crippen LogP contribution in [0.2, 0.25) is 0 Å². The summed E-state index contributed by atoms with van der Waals surface area (Å²) in [7, 11) is 0. The molecule has 3 amide bonds. The number of nitrogens with one attached hydrogen (secondary N) is 3. The maximum absolute atomic E-state index is 14.0. The van der Waals surface area contributed by atoms with Crippen molar-refractivity contribution in [1.29, 1.82) is 0 Å². The highest BCUT2D eigenvalue weighted by Gasteiger charge is 2.70. The first-order chi connectivity index (χ1) is 17.9. The molecule has 0 aliphatic carbocycles. The topological polar surface area (TPSA) is 94.3 Å². The average Bonchev–Trinajstić information content (AvgIpc) is 3.59. The number of halogens is 1. The van der Waals surface area contributed by atoms with Crippen molar-refractivity contribution in [2.45, 2.75) is 24.9 Å². The smallest absolute Gasteiger partial charge is 0.250 e. The fraction of sp³-hybridized carbons (Fsp3) is 0.207. The summed E-state index contributed by atoms with van der Waals surface area (Å²) in [5, 5.41) is 7.46. The van der Waals surface area contributed by atoms with Gasteiger partial charge < -0.3 is 10.3 Å². The number of rotatable bonds is 3. The van der Waals surface area contributed by atoms with Gasteiger partial charge in [0.15, 0.2) is 0 Å². The van der Waals surface area contributed by atoms with Crippen LogP contribution < -0.4 is 15.5 Å². The lowest BCUT2D eigenvalue weighted by atomic mass is 9.76. The van der Waals surface area contributed by atoms with E-state index in [0.717, 1.165) is 26.9 Å². The van der Waals surface area contributed by atoms with Gasteiger partial charge in [-0.15, -0.1) is 0 Å². The Bertz CT molecular complexity index is 1630. The highest BCUT2D eigenvalue weighted by Crippen LogP contribution is 2.54. The van der Waals surface area contributed by atoms with E-state index in [9.17, 15) is 18.8 Å². The molecule has 4 heterocycles. The molecule has 2 saturated heterocycles. The van der Waals surface area contributed by atoms with Gasteiger partial charge in [0.25, 0.3) is 0 Å². The van der Waals surface area contributed by atoms with Gasteiger partial charge >= 0.3 is 0 Å². The monoisotopic (exact) mass is 494 g/mol. The van der Waals surface area contributed by atoms with Crippen LogP contribution in [0.25, 0.3) is 10.9 Å². The predicted octanol–water partition coefficient (Wildman–Crippen LogP) is 3.78. The minimum absolute atomic E-state index is 0.301. The molecule has 8 heteroatoms. The van der Waals surface area contributed by atoms with Crippen molar-refractivity contribution in [1.82, 2.24) is 10.3 Å². The van der Waals surface area contributed by atoms with Crippen LogP contribution in [0, 0.1) is 24.6 Å². The molecule has 4 aromatic rings. The fourth-order valence-corrected chi connectivity index (χ4v) is 6.47. The van der Waals surface area contributed by atoms with Gasteiger partial charge in [-0.25, -0.2) is 9.29 Å². The van der Waals surface area contributed by atoms with Gasteiger partial charge in [0.1, 0.15) is 11.4 Å². The van der Waals surface area contributed by atoms with Gasteiger partial charge in [-0.3, -0.25) is 19.7 Å². The molecular formula is C29H23FN4O3. The van der Waals surface area contributed by atoms with Crippen molar-refractivity contribution in [3.05, 3.63) is 95.4 Å². The number of aromatic nitrogens is 1. The number of aryl methyl sites for hydroxylation is 1. The van der Waals surface area contributed by atoms with E-state index in [1.165, 1.54) is 24.3 Å². The van der Waals surface area contributed by atoms with Crippen molar-refractivity contribution in [3.63, 3.8) is 0 Å². The molecule has 7 rings (SSSR count). The second kappa shape index (κ2) is 7.60. The van der Waals surface area contributed by atoms with Gasteiger partial charge in [0, 0.05) is 34.4 Å². The first kappa shape index (κ1) is 21.9. The van der Waals surface area contributed by atoms with E-state index in [2.05, 4.69) is 15.6 Å². The Hall–Kier alpha value is -4.30. The number of benzene rings is 3. The van der Waals surface area contributed by atoms with Crippen LogP contribution >= 0.6 is 0 Å². The van der Waals surface area contributed by atoms with Gasteiger partial charge in [0.05, 0.1) is 17.5 Å². The van der Waals surface area contributed by atoms with Crippen LogP contribution in [0.1, 0.15) is 16.7 Å².